The number of nitrogens with one attached hydrogen (secondary N) is 1. The number of benzene rings is 2. The predicted molar refractivity (Wildman–Crippen MR) is 102 cm³/mol. The number of esters is 1. The van der Waals surface area contributed by atoms with E-state index in [1.54, 1.807) is 49.4 Å². The number of ether oxygens (including phenoxy) is 1. The molecule has 0 unspecified atom stereocenters. The molecule has 1 aliphatic rings. The fourth-order valence-electron chi connectivity index (χ4n) is 2.79. The summed E-state index contributed by atoms with van der Waals surface area (Å²) >= 11 is 5.99. The molecule has 0 radical (unpaired) electrons. The van der Waals surface area contributed by atoms with Crippen molar-refractivity contribution in [2.75, 3.05) is 18.5 Å². The molecule has 28 heavy (non-hydrogen) atoms. The normalized spacial score (nSPS) is 12.7. The van der Waals surface area contributed by atoms with E-state index < -0.39 is 30.3 Å². The molecule has 0 aliphatic carbocycles. The van der Waals surface area contributed by atoms with Crippen molar-refractivity contribution in [3.8, 4) is 0 Å². The van der Waals surface area contributed by atoms with Gasteiger partial charge >= 0.3 is 5.97 Å². The summed E-state index contributed by atoms with van der Waals surface area (Å²) in [4.78, 5) is 49.3. The van der Waals surface area contributed by atoms with Gasteiger partial charge in [0.15, 0.2) is 6.61 Å². The Morgan fingerprint density at radius 1 is 1.04 bits per heavy atom. The largest absolute Gasteiger partial charge is 0.456 e. The zero-order valence-corrected chi connectivity index (χ0v) is 15.8. The van der Waals surface area contributed by atoms with Gasteiger partial charge in [0, 0.05) is 17.3 Å². The third kappa shape index (κ3) is 4.04. The first-order valence-corrected chi connectivity index (χ1v) is 8.92. The summed E-state index contributed by atoms with van der Waals surface area (Å²) in [5, 5.41) is 3.12. The van der Waals surface area contributed by atoms with Crippen LogP contribution in [-0.2, 0) is 14.3 Å². The number of hydrogen-bond acceptors (Lipinski definition) is 5. The van der Waals surface area contributed by atoms with E-state index in [2.05, 4.69) is 5.32 Å². The highest BCUT2D eigenvalue weighted by Crippen LogP contribution is 2.23. The van der Waals surface area contributed by atoms with Gasteiger partial charge in [-0.15, -0.1) is 0 Å². The Morgan fingerprint density at radius 3 is 2.32 bits per heavy atom. The number of halogens is 1. The van der Waals surface area contributed by atoms with Gasteiger partial charge in [-0.05, 0) is 36.8 Å². The highest BCUT2D eigenvalue weighted by Gasteiger charge is 2.35. The third-order valence-corrected chi connectivity index (χ3v) is 4.73. The molecule has 0 spiro atoms. The van der Waals surface area contributed by atoms with Crippen molar-refractivity contribution in [1.29, 1.82) is 0 Å². The second kappa shape index (κ2) is 8.22. The van der Waals surface area contributed by atoms with Gasteiger partial charge in [0.1, 0.15) is 0 Å². The Morgan fingerprint density at radius 2 is 1.68 bits per heavy atom. The van der Waals surface area contributed by atoms with Crippen LogP contribution in [0.2, 0.25) is 5.02 Å². The molecule has 0 bridgehead atoms. The van der Waals surface area contributed by atoms with Crippen LogP contribution in [0.5, 0.6) is 0 Å². The van der Waals surface area contributed by atoms with Crippen LogP contribution in [0.3, 0.4) is 0 Å². The number of carbonyl (C=O) groups excluding carboxylic acids is 4. The summed E-state index contributed by atoms with van der Waals surface area (Å²) in [5.74, 6) is -2.08. The van der Waals surface area contributed by atoms with Gasteiger partial charge in [-0.3, -0.25) is 24.1 Å². The minimum absolute atomic E-state index is 0.111. The molecule has 0 aromatic heterocycles. The number of hydrogen-bond donors (Lipinski definition) is 1. The lowest BCUT2D eigenvalue weighted by Gasteiger charge is -2.13. The van der Waals surface area contributed by atoms with Gasteiger partial charge in [-0.1, -0.05) is 29.8 Å². The molecular weight excluding hydrogens is 384 g/mol. The number of carbonyl (C=O) groups is 4. The molecular formula is C20H17ClN2O5. The fourth-order valence-corrected chi connectivity index (χ4v) is 2.97. The lowest BCUT2D eigenvalue weighted by atomic mass is 10.1. The number of fused-ring (bicyclic) bond motifs is 1. The van der Waals surface area contributed by atoms with Gasteiger partial charge in [0.25, 0.3) is 17.7 Å². The van der Waals surface area contributed by atoms with Gasteiger partial charge in [-0.2, -0.15) is 0 Å². The summed E-state index contributed by atoms with van der Waals surface area (Å²) < 4.78 is 4.92. The molecule has 1 heterocycles. The van der Waals surface area contributed by atoms with Crippen molar-refractivity contribution in [3.63, 3.8) is 0 Å². The second-order valence-electron chi connectivity index (χ2n) is 6.18. The number of rotatable bonds is 6. The molecule has 8 heteroatoms. The van der Waals surface area contributed by atoms with Crippen molar-refractivity contribution in [1.82, 2.24) is 4.90 Å². The summed E-state index contributed by atoms with van der Waals surface area (Å²) in [5.41, 5.74) is 1.86. The maximum absolute atomic E-state index is 12.2. The van der Waals surface area contributed by atoms with Crippen molar-refractivity contribution < 1.29 is 23.9 Å². The predicted octanol–water partition coefficient (Wildman–Crippen LogP) is 2.82. The Kier molecular flexibility index (Phi) is 5.75. The minimum Gasteiger partial charge on any atom is -0.456 e. The van der Waals surface area contributed by atoms with Crippen molar-refractivity contribution >= 4 is 41.0 Å². The van der Waals surface area contributed by atoms with Crippen molar-refractivity contribution in [2.45, 2.75) is 13.3 Å². The number of amides is 3. The highest BCUT2D eigenvalue weighted by atomic mass is 35.5. The maximum Gasteiger partial charge on any atom is 0.308 e. The van der Waals surface area contributed by atoms with Gasteiger partial charge in [0.05, 0.1) is 17.5 Å². The molecule has 0 atom stereocenters. The first kappa shape index (κ1) is 19.6. The Labute approximate surface area is 166 Å². The molecule has 3 rings (SSSR count). The second-order valence-corrected chi connectivity index (χ2v) is 6.59. The topological polar surface area (TPSA) is 92.8 Å². The van der Waals surface area contributed by atoms with Crippen LogP contribution in [0, 0.1) is 6.92 Å². The number of anilines is 1. The SMILES string of the molecule is Cc1c(Cl)cccc1NC(=O)COC(=O)CCN1C(=O)c2ccccc2C1=O. The summed E-state index contributed by atoms with van der Waals surface area (Å²) in [6.07, 6.45) is -0.199. The molecule has 0 saturated carbocycles. The Hall–Kier alpha value is -3.19. The maximum atomic E-state index is 12.2. The van der Waals surface area contributed by atoms with Gasteiger partial charge in [-0.25, -0.2) is 0 Å². The molecule has 144 valence electrons. The van der Waals surface area contributed by atoms with Gasteiger partial charge < -0.3 is 10.1 Å². The highest BCUT2D eigenvalue weighted by molar-refractivity contribution is 6.31. The smallest absolute Gasteiger partial charge is 0.308 e. The molecule has 2 aromatic rings. The average Bonchev–Trinajstić information content (AvgIpc) is 2.93. The molecule has 7 nitrogen and oxygen atoms in total. The molecule has 1 N–H and O–H groups in total. The van der Waals surface area contributed by atoms with E-state index in [9.17, 15) is 19.2 Å². The van der Waals surface area contributed by atoms with E-state index >= 15 is 0 Å². The summed E-state index contributed by atoms with van der Waals surface area (Å²) in [6, 6.07) is 11.5. The average molecular weight is 401 g/mol. The molecule has 0 saturated heterocycles. The van der Waals surface area contributed by atoms with Crippen molar-refractivity contribution in [2.24, 2.45) is 0 Å². The van der Waals surface area contributed by atoms with E-state index in [4.69, 9.17) is 16.3 Å². The third-order valence-electron chi connectivity index (χ3n) is 4.32. The lowest BCUT2D eigenvalue weighted by molar-refractivity contribution is -0.147. The fraction of sp³-hybridized carbons (Fsp3) is 0.200. The first-order valence-electron chi connectivity index (χ1n) is 8.54. The van der Waals surface area contributed by atoms with Crippen LogP contribution in [-0.4, -0.2) is 41.7 Å². The van der Waals surface area contributed by atoms with E-state index in [0.29, 0.717) is 27.4 Å². The summed E-state index contributed by atoms with van der Waals surface area (Å²) in [6.45, 7) is 1.17. The molecule has 1 aliphatic heterocycles. The standard InChI is InChI=1S/C20H17ClN2O5/c1-12-15(21)7-4-8-16(12)22-17(24)11-28-18(25)9-10-23-19(26)13-5-2-3-6-14(13)20(23)27/h2-8H,9-11H2,1H3,(H,22,24). The van der Waals surface area contributed by atoms with E-state index in [0.717, 1.165) is 4.90 Å². The monoisotopic (exact) mass is 400 g/mol. The van der Waals surface area contributed by atoms with E-state index in [1.165, 1.54) is 0 Å². The van der Waals surface area contributed by atoms with Crippen molar-refractivity contribution in [3.05, 3.63) is 64.2 Å². The van der Waals surface area contributed by atoms with Crippen LogP contribution < -0.4 is 5.32 Å². The molecule has 0 fully saturated rings. The van der Waals surface area contributed by atoms with Crippen LogP contribution in [0.4, 0.5) is 5.69 Å². The van der Waals surface area contributed by atoms with Gasteiger partial charge in [0.2, 0.25) is 0 Å². The lowest BCUT2D eigenvalue weighted by Crippen LogP contribution is -2.32. The first-order chi connectivity index (χ1) is 13.4. The number of nitrogens with zero attached hydrogens (tertiary/aromatic N) is 1. The Bertz CT molecular complexity index is 938. The minimum atomic E-state index is -0.686. The van der Waals surface area contributed by atoms with Crippen LogP contribution in [0.15, 0.2) is 42.5 Å². The number of imide groups is 1. The van der Waals surface area contributed by atoms with Crippen LogP contribution in [0.1, 0.15) is 32.7 Å². The zero-order valence-electron chi connectivity index (χ0n) is 15.0. The zero-order chi connectivity index (χ0) is 20.3. The van der Waals surface area contributed by atoms with Crippen LogP contribution in [0.25, 0.3) is 0 Å². The molecule has 3 amide bonds. The molecule has 2 aromatic carbocycles. The summed E-state index contributed by atoms with van der Waals surface area (Å²) in [7, 11) is 0. The Balaban J connectivity index is 1.48. The van der Waals surface area contributed by atoms with E-state index in [-0.39, 0.29) is 13.0 Å². The van der Waals surface area contributed by atoms with Crippen LogP contribution >= 0.6 is 11.6 Å². The van der Waals surface area contributed by atoms with E-state index in [1.807, 2.05) is 0 Å². The quantitative estimate of drug-likeness (QED) is 0.594.